The molecule has 9 heteroatoms. The van der Waals surface area contributed by atoms with E-state index < -0.39 is 28.8 Å². The van der Waals surface area contributed by atoms with E-state index in [4.69, 9.17) is 5.73 Å². The van der Waals surface area contributed by atoms with Crippen molar-refractivity contribution in [2.75, 3.05) is 25.0 Å². The van der Waals surface area contributed by atoms with Crippen LogP contribution in [-0.2, 0) is 6.18 Å². The molecular formula is C20H23F3N4O2. The van der Waals surface area contributed by atoms with Gasteiger partial charge in [-0.05, 0) is 45.2 Å². The zero-order valence-electron chi connectivity index (χ0n) is 16.4. The summed E-state index contributed by atoms with van der Waals surface area (Å²) in [5.41, 5.74) is 3.44. The van der Waals surface area contributed by atoms with Crippen LogP contribution in [0.25, 0.3) is 5.69 Å². The standard InChI is InChI=1S/C20H23F3N4O2/c1-12-9-26(10-13(2)25(12)3)14-4-6-15(7-5-14)27-11-16(19(24)29)17(8-18(27)28)20(21,22)23/h4-8,11-13H,9-10H2,1-3H3,(H2,24,29). The highest BCUT2D eigenvalue weighted by Gasteiger charge is 2.36. The van der Waals surface area contributed by atoms with Gasteiger partial charge in [0.2, 0.25) is 0 Å². The summed E-state index contributed by atoms with van der Waals surface area (Å²) in [5, 5.41) is 0. The molecule has 2 unspecified atom stereocenters. The third kappa shape index (κ3) is 4.14. The average molecular weight is 408 g/mol. The molecule has 1 amide bonds. The third-order valence-electron chi connectivity index (χ3n) is 5.48. The molecule has 29 heavy (non-hydrogen) atoms. The third-order valence-corrected chi connectivity index (χ3v) is 5.48. The summed E-state index contributed by atoms with van der Waals surface area (Å²) in [6.45, 7) is 5.97. The molecule has 2 aromatic rings. The second-order valence-corrected chi connectivity index (χ2v) is 7.46. The number of carbonyl (C=O) groups is 1. The molecule has 1 aliphatic heterocycles. The quantitative estimate of drug-likeness (QED) is 0.847. The van der Waals surface area contributed by atoms with Crippen molar-refractivity contribution in [3.8, 4) is 5.69 Å². The second kappa shape index (κ2) is 7.55. The summed E-state index contributed by atoms with van der Waals surface area (Å²) < 4.78 is 40.3. The minimum Gasteiger partial charge on any atom is -0.368 e. The Labute approximate surface area is 166 Å². The maximum Gasteiger partial charge on any atom is 0.417 e. The van der Waals surface area contributed by atoms with E-state index in [0.29, 0.717) is 23.8 Å². The maximum absolute atomic E-state index is 13.1. The Bertz CT molecular complexity index is 957. The fourth-order valence-corrected chi connectivity index (χ4v) is 3.60. The molecule has 1 aliphatic rings. The van der Waals surface area contributed by atoms with Crippen LogP contribution in [0.1, 0.15) is 29.8 Å². The van der Waals surface area contributed by atoms with Crippen LogP contribution in [0, 0.1) is 0 Å². The summed E-state index contributed by atoms with van der Waals surface area (Å²) >= 11 is 0. The Hall–Kier alpha value is -2.81. The number of amides is 1. The molecular weight excluding hydrogens is 385 g/mol. The summed E-state index contributed by atoms with van der Waals surface area (Å²) in [7, 11) is 2.09. The Morgan fingerprint density at radius 3 is 2.07 bits per heavy atom. The van der Waals surface area contributed by atoms with Crippen molar-refractivity contribution in [2.45, 2.75) is 32.1 Å². The Morgan fingerprint density at radius 1 is 1.07 bits per heavy atom. The number of rotatable bonds is 3. The van der Waals surface area contributed by atoms with Crippen LogP contribution in [0.3, 0.4) is 0 Å². The number of aromatic nitrogens is 1. The van der Waals surface area contributed by atoms with Gasteiger partial charge in [0.25, 0.3) is 11.5 Å². The number of benzene rings is 1. The lowest BCUT2D eigenvalue weighted by atomic mass is 10.1. The van der Waals surface area contributed by atoms with Crippen molar-refractivity contribution in [3.05, 3.63) is 58.0 Å². The van der Waals surface area contributed by atoms with E-state index in [9.17, 15) is 22.8 Å². The molecule has 0 radical (unpaired) electrons. The first-order valence-corrected chi connectivity index (χ1v) is 9.20. The van der Waals surface area contributed by atoms with Gasteiger partial charge in [-0.1, -0.05) is 0 Å². The molecule has 156 valence electrons. The van der Waals surface area contributed by atoms with E-state index in [1.165, 1.54) is 0 Å². The van der Waals surface area contributed by atoms with E-state index in [-0.39, 0.29) is 0 Å². The van der Waals surface area contributed by atoms with Crippen LogP contribution in [-0.4, -0.2) is 47.6 Å². The van der Waals surface area contributed by atoms with E-state index in [1.807, 2.05) is 12.1 Å². The Morgan fingerprint density at radius 2 is 1.59 bits per heavy atom. The number of primary amides is 1. The van der Waals surface area contributed by atoms with Crippen LogP contribution >= 0.6 is 0 Å². The molecule has 1 saturated heterocycles. The van der Waals surface area contributed by atoms with Crippen molar-refractivity contribution in [1.82, 2.24) is 9.47 Å². The number of carbonyl (C=O) groups excluding carboxylic acids is 1. The SMILES string of the molecule is CC1CN(c2ccc(-n3cc(C(N)=O)c(C(F)(F)F)cc3=O)cc2)CC(C)N1C. The highest BCUT2D eigenvalue weighted by atomic mass is 19.4. The van der Waals surface area contributed by atoms with Crippen molar-refractivity contribution in [1.29, 1.82) is 0 Å². The van der Waals surface area contributed by atoms with E-state index in [0.717, 1.165) is 29.5 Å². The highest BCUT2D eigenvalue weighted by Crippen LogP contribution is 2.31. The summed E-state index contributed by atoms with van der Waals surface area (Å²) in [5.74, 6) is -1.25. The Kier molecular flexibility index (Phi) is 5.44. The number of anilines is 1. The summed E-state index contributed by atoms with van der Waals surface area (Å²) in [6.07, 6.45) is -4.00. The van der Waals surface area contributed by atoms with Crippen molar-refractivity contribution in [2.24, 2.45) is 5.73 Å². The molecule has 1 fully saturated rings. The van der Waals surface area contributed by atoms with Crippen molar-refractivity contribution < 1.29 is 18.0 Å². The van der Waals surface area contributed by atoms with E-state index in [2.05, 4.69) is 30.7 Å². The van der Waals surface area contributed by atoms with Gasteiger partial charge in [-0.15, -0.1) is 0 Å². The maximum atomic E-state index is 13.1. The van der Waals surface area contributed by atoms with Crippen LogP contribution in [0.4, 0.5) is 18.9 Å². The average Bonchev–Trinajstić information content (AvgIpc) is 2.64. The summed E-state index contributed by atoms with van der Waals surface area (Å²) in [4.78, 5) is 28.3. The molecule has 0 saturated carbocycles. The van der Waals surface area contributed by atoms with Crippen molar-refractivity contribution in [3.63, 3.8) is 0 Å². The Balaban J connectivity index is 1.95. The van der Waals surface area contributed by atoms with Gasteiger partial charge in [-0.25, -0.2) is 0 Å². The highest BCUT2D eigenvalue weighted by molar-refractivity contribution is 5.94. The normalized spacial score (nSPS) is 20.7. The number of halogens is 3. The van der Waals surface area contributed by atoms with E-state index >= 15 is 0 Å². The number of hydrogen-bond donors (Lipinski definition) is 1. The number of pyridine rings is 1. The van der Waals surface area contributed by atoms with Crippen molar-refractivity contribution >= 4 is 11.6 Å². The zero-order chi connectivity index (χ0) is 21.5. The number of hydrogen-bond acceptors (Lipinski definition) is 4. The molecule has 2 atom stereocenters. The number of likely N-dealkylation sites (N-methyl/N-ethyl adjacent to an activating group) is 1. The fourth-order valence-electron chi connectivity index (χ4n) is 3.60. The smallest absolute Gasteiger partial charge is 0.368 e. The van der Waals surface area contributed by atoms with Gasteiger partial charge >= 0.3 is 6.18 Å². The lowest BCUT2D eigenvalue weighted by Gasteiger charge is -2.43. The van der Waals surface area contributed by atoms with Crippen LogP contribution in [0.2, 0.25) is 0 Å². The van der Waals surface area contributed by atoms with Gasteiger partial charge in [0.15, 0.2) is 0 Å². The predicted octanol–water partition coefficient (Wildman–Crippen LogP) is 2.48. The first-order valence-electron chi connectivity index (χ1n) is 9.20. The molecule has 2 N–H and O–H groups in total. The molecule has 0 bridgehead atoms. The first-order chi connectivity index (χ1) is 13.5. The first kappa shape index (κ1) is 20.9. The lowest BCUT2D eigenvalue weighted by Crippen LogP contribution is -2.55. The number of nitrogens with two attached hydrogens (primary N) is 1. The van der Waals surface area contributed by atoms with Gasteiger partial charge in [-0.2, -0.15) is 13.2 Å². The van der Waals surface area contributed by atoms with Gasteiger partial charge in [0.1, 0.15) is 0 Å². The van der Waals surface area contributed by atoms with Crippen LogP contribution in [0.5, 0.6) is 0 Å². The summed E-state index contributed by atoms with van der Waals surface area (Å²) in [6, 6.07) is 8.05. The van der Waals surface area contributed by atoms with Crippen LogP contribution in [0.15, 0.2) is 41.3 Å². The van der Waals surface area contributed by atoms with Gasteiger partial charge in [0.05, 0.1) is 11.1 Å². The van der Waals surface area contributed by atoms with Gasteiger partial charge in [0, 0.05) is 48.8 Å². The number of nitrogens with zero attached hydrogens (tertiary/aromatic N) is 3. The number of alkyl halides is 3. The molecule has 0 spiro atoms. The molecule has 1 aromatic heterocycles. The molecule has 3 rings (SSSR count). The number of piperazine rings is 1. The van der Waals surface area contributed by atoms with Gasteiger partial charge in [-0.3, -0.25) is 19.1 Å². The minimum absolute atomic E-state index is 0.352. The molecule has 0 aliphatic carbocycles. The predicted molar refractivity (Wildman–Crippen MR) is 104 cm³/mol. The molecule has 2 heterocycles. The lowest BCUT2D eigenvalue weighted by molar-refractivity contribution is -0.138. The van der Waals surface area contributed by atoms with E-state index in [1.54, 1.807) is 12.1 Å². The largest absolute Gasteiger partial charge is 0.417 e. The van der Waals surface area contributed by atoms with Gasteiger partial charge < -0.3 is 10.6 Å². The van der Waals surface area contributed by atoms with Crippen LogP contribution < -0.4 is 16.2 Å². The second-order valence-electron chi connectivity index (χ2n) is 7.46. The zero-order valence-corrected chi connectivity index (χ0v) is 16.4. The minimum atomic E-state index is -4.85. The molecule has 1 aromatic carbocycles. The molecule has 6 nitrogen and oxygen atoms in total. The fraction of sp³-hybridized carbons (Fsp3) is 0.400. The topological polar surface area (TPSA) is 71.6 Å². The monoisotopic (exact) mass is 408 g/mol.